The van der Waals surface area contributed by atoms with Gasteiger partial charge >= 0.3 is 5.97 Å². The maximum atomic E-state index is 13.0. The van der Waals surface area contributed by atoms with E-state index in [1.807, 2.05) is 60.3 Å². The molecule has 1 aromatic carbocycles. The number of nitrogens with zero attached hydrogens (tertiary/aromatic N) is 2. The van der Waals surface area contributed by atoms with Crippen molar-refractivity contribution in [2.75, 3.05) is 33.4 Å². The largest absolute Gasteiger partial charge is 0.469 e. The quantitative estimate of drug-likeness (QED) is 0.475. The maximum Gasteiger partial charge on any atom is 0.310 e. The zero-order valence-electron chi connectivity index (χ0n) is 16.3. The van der Waals surface area contributed by atoms with Crippen molar-refractivity contribution in [2.45, 2.75) is 20.3 Å². The molecule has 0 N–H and O–H groups in total. The van der Waals surface area contributed by atoms with Gasteiger partial charge in [-0.15, -0.1) is 0 Å². The van der Waals surface area contributed by atoms with Crippen LogP contribution in [0.4, 0.5) is 0 Å². The fourth-order valence-electron chi connectivity index (χ4n) is 2.85. The summed E-state index contributed by atoms with van der Waals surface area (Å²) in [5.74, 6) is -0.799. The topological polar surface area (TPSA) is 60.8 Å². The molecule has 2 rings (SSSR count). The van der Waals surface area contributed by atoms with Gasteiger partial charge in [0.05, 0.1) is 13.0 Å². The molecule has 27 heavy (non-hydrogen) atoms. The highest BCUT2D eigenvalue weighted by Gasteiger charge is 2.22. The summed E-state index contributed by atoms with van der Waals surface area (Å²) in [5.41, 5.74) is 1.58. The summed E-state index contributed by atoms with van der Waals surface area (Å²) in [6.45, 7) is 5.78. The molecular weight excluding hydrogens is 344 g/mol. The van der Waals surface area contributed by atoms with E-state index in [-0.39, 0.29) is 17.8 Å². The molecule has 2 aromatic rings. The molecular formula is C21H28N2O4. The Morgan fingerprint density at radius 1 is 1.15 bits per heavy atom. The van der Waals surface area contributed by atoms with Gasteiger partial charge in [0.25, 0.3) is 5.91 Å². The summed E-state index contributed by atoms with van der Waals surface area (Å²) >= 11 is 0. The van der Waals surface area contributed by atoms with Crippen LogP contribution in [0.25, 0.3) is 5.69 Å². The molecule has 0 spiro atoms. The molecule has 0 aliphatic rings. The molecule has 6 nitrogen and oxygen atoms in total. The van der Waals surface area contributed by atoms with E-state index in [2.05, 4.69) is 0 Å². The Morgan fingerprint density at radius 3 is 2.41 bits per heavy atom. The van der Waals surface area contributed by atoms with Crippen LogP contribution < -0.4 is 0 Å². The van der Waals surface area contributed by atoms with Gasteiger partial charge in [-0.2, -0.15) is 0 Å². The van der Waals surface area contributed by atoms with Gasteiger partial charge in [0.1, 0.15) is 0 Å². The second-order valence-corrected chi connectivity index (χ2v) is 6.36. The number of carbonyl (C=O) groups excluding carboxylic acids is 2. The first-order chi connectivity index (χ1) is 13.1. The molecule has 1 unspecified atom stereocenters. The molecule has 146 valence electrons. The predicted molar refractivity (Wildman–Crippen MR) is 104 cm³/mol. The van der Waals surface area contributed by atoms with Crippen molar-refractivity contribution < 1.29 is 19.1 Å². The van der Waals surface area contributed by atoms with Crippen molar-refractivity contribution in [1.29, 1.82) is 0 Å². The van der Waals surface area contributed by atoms with E-state index >= 15 is 0 Å². The monoisotopic (exact) mass is 372 g/mol. The molecule has 0 fully saturated rings. The zero-order valence-corrected chi connectivity index (χ0v) is 16.3. The second kappa shape index (κ2) is 10.5. The van der Waals surface area contributed by atoms with E-state index in [4.69, 9.17) is 9.47 Å². The first-order valence-electron chi connectivity index (χ1n) is 9.25. The van der Waals surface area contributed by atoms with Crippen LogP contribution >= 0.6 is 0 Å². The third kappa shape index (κ3) is 5.96. The molecule has 1 aromatic heterocycles. The van der Waals surface area contributed by atoms with Crippen LogP contribution in [0.3, 0.4) is 0 Å². The number of benzene rings is 1. The second-order valence-electron chi connectivity index (χ2n) is 6.36. The van der Waals surface area contributed by atoms with Gasteiger partial charge in [-0.25, -0.2) is 0 Å². The lowest BCUT2D eigenvalue weighted by Gasteiger charge is -2.25. The van der Waals surface area contributed by atoms with Gasteiger partial charge in [0, 0.05) is 49.9 Å². The molecule has 0 bridgehead atoms. The minimum absolute atomic E-state index is 0.0960. The van der Waals surface area contributed by atoms with E-state index in [1.165, 1.54) is 7.11 Å². The number of carbonyl (C=O) groups is 2. The zero-order chi connectivity index (χ0) is 19.6. The number of aromatic nitrogens is 1. The summed E-state index contributed by atoms with van der Waals surface area (Å²) in [6.07, 6.45) is 4.62. The molecule has 0 aliphatic heterocycles. The highest BCUT2D eigenvalue weighted by molar-refractivity contribution is 5.94. The van der Waals surface area contributed by atoms with Gasteiger partial charge in [0.15, 0.2) is 0 Å². The molecule has 1 heterocycles. The fraction of sp³-hybridized carbons (Fsp3) is 0.429. The Bertz CT molecular complexity index is 710. The molecule has 0 aliphatic carbocycles. The Labute approximate surface area is 160 Å². The lowest BCUT2D eigenvalue weighted by atomic mass is 10.1. The van der Waals surface area contributed by atoms with Gasteiger partial charge in [-0.3, -0.25) is 9.59 Å². The van der Waals surface area contributed by atoms with Crippen LogP contribution in [0.5, 0.6) is 0 Å². The minimum atomic E-state index is -0.384. The molecule has 1 atom stereocenters. The first-order valence-corrected chi connectivity index (χ1v) is 9.25. The highest BCUT2D eigenvalue weighted by atomic mass is 16.5. The molecule has 0 saturated carbocycles. The Balaban J connectivity index is 2.09. The van der Waals surface area contributed by atoms with Crippen LogP contribution in [-0.4, -0.2) is 54.8 Å². The number of esters is 1. The van der Waals surface area contributed by atoms with Crippen LogP contribution in [0.2, 0.25) is 0 Å². The number of amides is 1. The molecule has 6 heteroatoms. The van der Waals surface area contributed by atoms with Crippen molar-refractivity contribution in [3.8, 4) is 5.69 Å². The normalized spacial score (nSPS) is 11.8. The predicted octanol–water partition coefficient (Wildman–Crippen LogP) is 3.16. The maximum absolute atomic E-state index is 13.0. The van der Waals surface area contributed by atoms with Crippen LogP contribution in [-0.2, 0) is 14.3 Å². The van der Waals surface area contributed by atoms with Crippen molar-refractivity contribution in [1.82, 2.24) is 9.47 Å². The van der Waals surface area contributed by atoms with Crippen LogP contribution in [0.15, 0.2) is 48.8 Å². The van der Waals surface area contributed by atoms with Crippen molar-refractivity contribution in [2.24, 2.45) is 5.92 Å². The van der Waals surface area contributed by atoms with E-state index in [0.717, 1.165) is 12.1 Å². The smallest absolute Gasteiger partial charge is 0.310 e. The summed E-state index contributed by atoms with van der Waals surface area (Å²) in [6, 6.07) is 11.4. The van der Waals surface area contributed by atoms with E-state index in [1.54, 1.807) is 11.8 Å². The minimum Gasteiger partial charge on any atom is -0.469 e. The van der Waals surface area contributed by atoms with Crippen LogP contribution in [0.1, 0.15) is 30.6 Å². The summed E-state index contributed by atoms with van der Waals surface area (Å²) < 4.78 is 12.1. The van der Waals surface area contributed by atoms with Crippen LogP contribution in [0, 0.1) is 5.92 Å². The molecule has 0 saturated heterocycles. The summed E-state index contributed by atoms with van der Waals surface area (Å²) in [7, 11) is 1.36. The van der Waals surface area contributed by atoms with Gasteiger partial charge < -0.3 is 18.9 Å². The molecule has 0 radical (unpaired) electrons. The number of hydrogen-bond donors (Lipinski definition) is 0. The van der Waals surface area contributed by atoms with Gasteiger partial charge in [-0.1, -0.05) is 6.92 Å². The number of methoxy groups -OCH3 is 1. The average molecular weight is 372 g/mol. The van der Waals surface area contributed by atoms with E-state index in [9.17, 15) is 9.59 Å². The SMILES string of the molecule is CCOCCCN(CC(C)C(=O)OC)C(=O)c1ccc(-n2cccc2)cc1. The third-order valence-corrected chi connectivity index (χ3v) is 4.32. The van der Waals surface area contributed by atoms with Gasteiger partial charge in [0.2, 0.25) is 0 Å². The fourth-order valence-corrected chi connectivity index (χ4v) is 2.85. The summed E-state index contributed by atoms with van der Waals surface area (Å²) in [5, 5.41) is 0. The number of hydrogen-bond acceptors (Lipinski definition) is 4. The first kappa shape index (κ1) is 20.7. The average Bonchev–Trinajstić information content (AvgIpc) is 3.24. The summed E-state index contributed by atoms with van der Waals surface area (Å²) in [4.78, 5) is 26.4. The lowest BCUT2D eigenvalue weighted by molar-refractivity contribution is -0.145. The lowest BCUT2D eigenvalue weighted by Crippen LogP contribution is -2.38. The van der Waals surface area contributed by atoms with E-state index in [0.29, 0.717) is 31.9 Å². The van der Waals surface area contributed by atoms with E-state index < -0.39 is 0 Å². The Morgan fingerprint density at radius 2 is 1.81 bits per heavy atom. The Hall–Kier alpha value is -2.60. The highest BCUT2D eigenvalue weighted by Crippen LogP contribution is 2.14. The third-order valence-electron chi connectivity index (χ3n) is 4.32. The number of ether oxygens (including phenoxy) is 2. The molecule has 1 amide bonds. The standard InChI is InChI=1S/C21H28N2O4/c1-4-27-15-7-14-23(16-17(2)21(25)26-3)20(24)18-8-10-19(11-9-18)22-12-5-6-13-22/h5-6,8-13,17H,4,7,14-16H2,1-3H3. The van der Waals surface area contributed by atoms with Crippen molar-refractivity contribution >= 4 is 11.9 Å². The van der Waals surface area contributed by atoms with Gasteiger partial charge in [-0.05, 0) is 49.7 Å². The number of rotatable bonds is 10. The van der Waals surface area contributed by atoms with Crippen molar-refractivity contribution in [3.05, 3.63) is 54.4 Å². The Kier molecular flexibility index (Phi) is 8.07. The van der Waals surface area contributed by atoms with Crippen molar-refractivity contribution in [3.63, 3.8) is 0 Å².